The highest BCUT2D eigenvalue weighted by atomic mass is 19.1. The molecule has 1 rings (SSSR count). The van der Waals surface area contributed by atoms with E-state index >= 15 is 0 Å². The van der Waals surface area contributed by atoms with Gasteiger partial charge in [0.25, 0.3) is 0 Å². The third-order valence-corrected chi connectivity index (χ3v) is 1.49. The van der Waals surface area contributed by atoms with E-state index in [9.17, 15) is 4.39 Å². The van der Waals surface area contributed by atoms with Crippen LogP contribution in [0.4, 0.5) is 4.39 Å². The molecule has 0 fully saturated rings. The highest BCUT2D eigenvalue weighted by molar-refractivity contribution is 5.40. The second-order valence-corrected chi connectivity index (χ2v) is 2.57. The van der Waals surface area contributed by atoms with Crippen LogP contribution in [0.1, 0.15) is 12.5 Å². The fraction of sp³-hybridized carbons (Fsp3) is 0.273. The van der Waals surface area contributed by atoms with E-state index < -0.39 is 5.82 Å². The fourth-order valence-electron chi connectivity index (χ4n) is 1.03. The number of hydrogen-bond acceptors (Lipinski definition) is 2. The number of hydrogen-bond donors (Lipinski definition) is 1. The van der Waals surface area contributed by atoms with Crippen LogP contribution < -0.4 is 4.74 Å². The minimum atomic E-state index is -0.391. The maximum atomic E-state index is 13.0. The topological polar surface area (TPSA) is 29.5 Å². The zero-order valence-corrected chi connectivity index (χ0v) is 7.88. The van der Waals surface area contributed by atoms with Crippen LogP contribution in [-0.4, -0.2) is 18.3 Å². The molecule has 0 radical (unpaired) electrons. The molecule has 14 heavy (non-hydrogen) atoms. The van der Waals surface area contributed by atoms with Crippen LogP contribution in [0.5, 0.6) is 5.75 Å². The van der Waals surface area contributed by atoms with Crippen LogP contribution in [0.25, 0.3) is 0 Å². The van der Waals surface area contributed by atoms with Gasteiger partial charge in [-0.15, -0.1) is 0 Å². The number of aliphatic hydroxyl groups is 1. The molecule has 0 aliphatic carbocycles. The highest BCUT2D eigenvalue weighted by Crippen LogP contribution is 2.15. The van der Waals surface area contributed by atoms with E-state index in [2.05, 4.69) is 11.8 Å². The van der Waals surface area contributed by atoms with Crippen molar-refractivity contribution < 1.29 is 14.2 Å². The first-order valence-electron chi connectivity index (χ1n) is 4.29. The standard InChI is InChI=1S/C11H11FO2/c1-2-14-11-7-9(4-3-5-13)6-10(12)8-11/h6-8,13H,2,5H2,1H3. The van der Waals surface area contributed by atoms with Crippen molar-refractivity contribution in [2.24, 2.45) is 0 Å². The van der Waals surface area contributed by atoms with Crippen LogP contribution in [0.2, 0.25) is 0 Å². The van der Waals surface area contributed by atoms with E-state index in [0.29, 0.717) is 17.9 Å². The Hall–Kier alpha value is -1.53. The summed E-state index contributed by atoms with van der Waals surface area (Å²) in [6.07, 6.45) is 0. The zero-order valence-electron chi connectivity index (χ0n) is 7.88. The van der Waals surface area contributed by atoms with Crippen LogP contribution in [0.15, 0.2) is 18.2 Å². The number of benzene rings is 1. The van der Waals surface area contributed by atoms with Gasteiger partial charge in [-0.05, 0) is 19.1 Å². The molecule has 1 aromatic rings. The van der Waals surface area contributed by atoms with Gasteiger partial charge in [-0.25, -0.2) is 4.39 Å². The Morgan fingerprint density at radius 1 is 1.43 bits per heavy atom. The molecule has 0 heterocycles. The zero-order chi connectivity index (χ0) is 10.4. The maximum absolute atomic E-state index is 13.0. The molecule has 0 aromatic heterocycles. The van der Waals surface area contributed by atoms with Crippen molar-refractivity contribution in [2.75, 3.05) is 13.2 Å². The first-order chi connectivity index (χ1) is 6.76. The molecule has 0 aliphatic heterocycles. The summed E-state index contributed by atoms with van der Waals surface area (Å²) in [5.74, 6) is 5.12. The Bertz CT molecular complexity index is 363. The fourth-order valence-corrected chi connectivity index (χ4v) is 1.03. The van der Waals surface area contributed by atoms with Crippen molar-refractivity contribution in [3.63, 3.8) is 0 Å². The largest absolute Gasteiger partial charge is 0.494 e. The van der Waals surface area contributed by atoms with Gasteiger partial charge in [0.15, 0.2) is 0 Å². The van der Waals surface area contributed by atoms with Crippen LogP contribution in [0.3, 0.4) is 0 Å². The van der Waals surface area contributed by atoms with E-state index in [4.69, 9.17) is 9.84 Å². The second kappa shape index (κ2) is 5.25. The monoisotopic (exact) mass is 194 g/mol. The number of halogens is 1. The SMILES string of the molecule is CCOc1cc(F)cc(C#CCO)c1. The Morgan fingerprint density at radius 2 is 2.21 bits per heavy atom. The first kappa shape index (κ1) is 10.6. The lowest BCUT2D eigenvalue weighted by molar-refractivity contribution is 0.338. The summed E-state index contributed by atoms with van der Waals surface area (Å²) in [6, 6.07) is 4.23. The van der Waals surface area contributed by atoms with Crippen molar-refractivity contribution >= 4 is 0 Å². The lowest BCUT2D eigenvalue weighted by Crippen LogP contribution is -1.93. The van der Waals surface area contributed by atoms with Crippen molar-refractivity contribution in [3.05, 3.63) is 29.6 Å². The van der Waals surface area contributed by atoms with Crippen LogP contribution in [0, 0.1) is 17.7 Å². The number of rotatable bonds is 2. The molecule has 0 amide bonds. The van der Waals surface area contributed by atoms with Crippen molar-refractivity contribution in [1.29, 1.82) is 0 Å². The molecule has 1 aromatic carbocycles. The molecule has 1 N–H and O–H groups in total. The first-order valence-corrected chi connectivity index (χ1v) is 4.29. The minimum absolute atomic E-state index is 0.236. The molecule has 0 bridgehead atoms. The number of aliphatic hydroxyl groups excluding tert-OH is 1. The lowest BCUT2D eigenvalue weighted by Gasteiger charge is -2.02. The van der Waals surface area contributed by atoms with Gasteiger partial charge < -0.3 is 9.84 Å². The third kappa shape index (κ3) is 3.08. The average molecular weight is 194 g/mol. The summed E-state index contributed by atoms with van der Waals surface area (Å²) in [4.78, 5) is 0. The molecule has 0 saturated carbocycles. The predicted molar refractivity (Wildman–Crippen MR) is 51.5 cm³/mol. The Balaban J connectivity index is 2.94. The van der Waals surface area contributed by atoms with Gasteiger partial charge in [0.05, 0.1) is 6.61 Å². The summed E-state index contributed by atoms with van der Waals surface area (Å²) >= 11 is 0. The number of ether oxygens (including phenoxy) is 1. The summed E-state index contributed by atoms with van der Waals surface area (Å²) in [7, 11) is 0. The van der Waals surface area contributed by atoms with Gasteiger partial charge >= 0.3 is 0 Å². The molecule has 0 spiro atoms. The van der Waals surface area contributed by atoms with E-state index in [1.54, 1.807) is 6.07 Å². The molecule has 0 unspecified atom stereocenters. The lowest BCUT2D eigenvalue weighted by atomic mass is 10.2. The molecule has 0 aliphatic rings. The van der Waals surface area contributed by atoms with E-state index in [0.717, 1.165) is 0 Å². The van der Waals surface area contributed by atoms with Gasteiger partial charge in [0.2, 0.25) is 0 Å². The van der Waals surface area contributed by atoms with Crippen molar-refractivity contribution in [2.45, 2.75) is 6.92 Å². The van der Waals surface area contributed by atoms with Crippen molar-refractivity contribution in [3.8, 4) is 17.6 Å². The van der Waals surface area contributed by atoms with Crippen LogP contribution in [-0.2, 0) is 0 Å². The Kier molecular flexibility index (Phi) is 3.96. The normalized spacial score (nSPS) is 9.07. The van der Waals surface area contributed by atoms with E-state index in [-0.39, 0.29) is 6.61 Å². The highest BCUT2D eigenvalue weighted by Gasteiger charge is 1.98. The molecule has 74 valence electrons. The van der Waals surface area contributed by atoms with Gasteiger partial charge in [-0.3, -0.25) is 0 Å². The van der Waals surface area contributed by atoms with Crippen LogP contribution >= 0.6 is 0 Å². The molecule has 0 atom stereocenters. The average Bonchev–Trinajstić information content (AvgIpc) is 2.14. The third-order valence-electron chi connectivity index (χ3n) is 1.49. The molecular formula is C11H11FO2. The van der Waals surface area contributed by atoms with Crippen molar-refractivity contribution in [1.82, 2.24) is 0 Å². The second-order valence-electron chi connectivity index (χ2n) is 2.57. The summed E-state index contributed by atoms with van der Waals surface area (Å²) in [5.41, 5.74) is 0.502. The van der Waals surface area contributed by atoms with Gasteiger partial charge in [0, 0.05) is 11.6 Å². The Morgan fingerprint density at radius 3 is 2.86 bits per heavy atom. The van der Waals surface area contributed by atoms with Gasteiger partial charge in [-0.2, -0.15) is 0 Å². The summed E-state index contributed by atoms with van der Waals surface area (Å²) < 4.78 is 18.1. The molecule has 2 nitrogen and oxygen atoms in total. The molecular weight excluding hydrogens is 183 g/mol. The summed E-state index contributed by atoms with van der Waals surface area (Å²) in [6.45, 7) is 2.07. The van der Waals surface area contributed by atoms with E-state index in [1.807, 2.05) is 6.92 Å². The summed E-state index contributed by atoms with van der Waals surface area (Å²) in [5, 5.41) is 8.47. The molecule has 0 saturated heterocycles. The smallest absolute Gasteiger partial charge is 0.128 e. The predicted octanol–water partition coefficient (Wildman–Crippen LogP) is 1.57. The minimum Gasteiger partial charge on any atom is -0.494 e. The quantitative estimate of drug-likeness (QED) is 0.724. The van der Waals surface area contributed by atoms with Gasteiger partial charge in [-0.1, -0.05) is 11.8 Å². The Labute approximate surface area is 82.3 Å². The molecule has 3 heteroatoms. The van der Waals surface area contributed by atoms with E-state index in [1.165, 1.54) is 12.1 Å². The maximum Gasteiger partial charge on any atom is 0.128 e. The van der Waals surface area contributed by atoms with Gasteiger partial charge in [0.1, 0.15) is 18.2 Å².